The lowest BCUT2D eigenvalue weighted by atomic mass is 10.1. The first-order valence-electron chi connectivity index (χ1n) is 9.04. The van der Waals surface area contributed by atoms with Crippen LogP contribution in [0.2, 0.25) is 0 Å². The van der Waals surface area contributed by atoms with Gasteiger partial charge in [-0.05, 0) is 35.8 Å². The van der Waals surface area contributed by atoms with E-state index in [1.807, 2.05) is 36.4 Å². The lowest BCUT2D eigenvalue weighted by Gasteiger charge is -2.14. The number of rotatable bonds is 7. The molecule has 1 saturated heterocycles. The molecule has 0 saturated carbocycles. The number of thioether (sulfide) groups is 1. The zero-order valence-electron chi connectivity index (χ0n) is 15.6. The molecule has 2 aromatic rings. The van der Waals surface area contributed by atoms with E-state index < -0.39 is 0 Å². The molecule has 1 heterocycles. The minimum absolute atomic E-state index is 0.0972. The van der Waals surface area contributed by atoms with Crippen molar-refractivity contribution in [2.75, 3.05) is 13.1 Å². The molecule has 2 aromatic carbocycles. The molecule has 29 heavy (non-hydrogen) atoms. The van der Waals surface area contributed by atoms with Crippen LogP contribution in [0.1, 0.15) is 11.1 Å². The number of thiocarbonyl (C=S) groups is 1. The first kappa shape index (κ1) is 20.8. The average molecular weight is 425 g/mol. The number of phenols is 1. The summed E-state index contributed by atoms with van der Waals surface area (Å²) < 4.78 is 0.378. The molecule has 5 nitrogen and oxygen atoms in total. The fourth-order valence-electron chi connectivity index (χ4n) is 2.67. The largest absolute Gasteiger partial charge is 0.508 e. The molecule has 0 aromatic heterocycles. The predicted octanol–water partition coefficient (Wildman–Crippen LogP) is 3.51. The maximum absolute atomic E-state index is 12.5. The van der Waals surface area contributed by atoms with Crippen molar-refractivity contribution in [1.82, 2.24) is 10.2 Å². The van der Waals surface area contributed by atoms with E-state index in [9.17, 15) is 14.7 Å². The molecule has 1 aliphatic rings. The molecule has 0 aliphatic carbocycles. The number of amides is 2. The summed E-state index contributed by atoms with van der Waals surface area (Å²) in [6.45, 7) is 0.341. The lowest BCUT2D eigenvalue weighted by molar-refractivity contribution is -0.128. The molecule has 0 bridgehead atoms. The van der Waals surface area contributed by atoms with E-state index in [2.05, 4.69) is 5.32 Å². The minimum atomic E-state index is -0.263. The van der Waals surface area contributed by atoms with Gasteiger partial charge in [0, 0.05) is 6.54 Å². The molecule has 0 radical (unpaired) electrons. The van der Waals surface area contributed by atoms with E-state index in [1.165, 1.54) is 16.7 Å². The highest BCUT2D eigenvalue weighted by Gasteiger charge is 2.32. The third-order valence-electron chi connectivity index (χ3n) is 4.18. The summed E-state index contributed by atoms with van der Waals surface area (Å²) in [5.74, 6) is -0.314. The number of carbonyl (C=O) groups is 2. The van der Waals surface area contributed by atoms with Crippen LogP contribution in [0, 0.1) is 0 Å². The summed E-state index contributed by atoms with van der Waals surface area (Å²) >= 11 is 6.45. The minimum Gasteiger partial charge on any atom is -0.508 e. The van der Waals surface area contributed by atoms with Gasteiger partial charge in [-0.1, -0.05) is 78.6 Å². The van der Waals surface area contributed by atoms with Crippen LogP contribution in [0.3, 0.4) is 0 Å². The number of benzene rings is 2. The Bertz CT molecular complexity index is 954. The molecular weight excluding hydrogens is 404 g/mol. The summed E-state index contributed by atoms with van der Waals surface area (Å²) in [6, 6.07) is 16.6. The SMILES string of the molecule is O=C(CN1C(=O)C(=CC=Cc2ccccc2)SC1=S)NCCc1ccc(O)cc1. The van der Waals surface area contributed by atoms with Gasteiger partial charge in [-0.15, -0.1) is 0 Å². The number of nitrogens with zero attached hydrogens (tertiary/aromatic N) is 1. The van der Waals surface area contributed by atoms with E-state index in [1.54, 1.807) is 36.4 Å². The standard InChI is InChI=1S/C22H20N2O3S2/c25-18-11-9-17(10-12-18)13-14-23-20(26)15-24-21(27)19(29-22(24)28)8-4-7-16-5-2-1-3-6-16/h1-12,25H,13-15H2,(H,23,26). The van der Waals surface area contributed by atoms with Gasteiger partial charge in [0.15, 0.2) is 0 Å². The van der Waals surface area contributed by atoms with Crippen LogP contribution in [0.25, 0.3) is 6.08 Å². The van der Waals surface area contributed by atoms with Crippen LogP contribution >= 0.6 is 24.0 Å². The summed E-state index contributed by atoms with van der Waals surface area (Å²) in [6.07, 6.45) is 6.06. The van der Waals surface area contributed by atoms with Gasteiger partial charge in [-0.2, -0.15) is 0 Å². The molecule has 1 fully saturated rings. The normalized spacial score (nSPS) is 15.4. The molecule has 0 spiro atoms. The van der Waals surface area contributed by atoms with Gasteiger partial charge in [0.05, 0.1) is 4.91 Å². The monoisotopic (exact) mass is 424 g/mol. The van der Waals surface area contributed by atoms with Gasteiger partial charge in [-0.3, -0.25) is 14.5 Å². The molecule has 148 valence electrons. The van der Waals surface area contributed by atoms with Crippen LogP contribution in [0.5, 0.6) is 5.75 Å². The number of hydrogen-bond donors (Lipinski definition) is 2. The van der Waals surface area contributed by atoms with Gasteiger partial charge in [0.2, 0.25) is 5.91 Å². The number of hydrogen-bond acceptors (Lipinski definition) is 5. The molecule has 3 rings (SSSR count). The van der Waals surface area contributed by atoms with Gasteiger partial charge in [-0.25, -0.2) is 0 Å². The molecule has 2 N–H and O–H groups in total. The van der Waals surface area contributed by atoms with Gasteiger partial charge >= 0.3 is 0 Å². The third kappa shape index (κ3) is 6.04. The Morgan fingerprint density at radius 1 is 1.14 bits per heavy atom. The molecule has 2 amide bonds. The average Bonchev–Trinajstić information content (AvgIpc) is 2.98. The summed E-state index contributed by atoms with van der Waals surface area (Å²) in [7, 11) is 0. The highest BCUT2D eigenvalue weighted by molar-refractivity contribution is 8.26. The molecule has 1 aliphatic heterocycles. The summed E-state index contributed by atoms with van der Waals surface area (Å²) in [5, 5.41) is 12.1. The van der Waals surface area contributed by atoms with Crippen molar-refractivity contribution in [3.05, 3.63) is 82.8 Å². The van der Waals surface area contributed by atoms with E-state index >= 15 is 0 Å². The van der Waals surface area contributed by atoms with Crippen LogP contribution in [-0.4, -0.2) is 39.2 Å². The first-order valence-corrected chi connectivity index (χ1v) is 10.3. The summed E-state index contributed by atoms with van der Waals surface area (Å²) in [5.41, 5.74) is 2.04. The fourth-order valence-corrected chi connectivity index (χ4v) is 3.88. The second-order valence-electron chi connectivity index (χ2n) is 6.33. The quantitative estimate of drug-likeness (QED) is 0.526. The third-order valence-corrected chi connectivity index (χ3v) is 5.58. The second kappa shape index (κ2) is 10.0. The molecular formula is C22H20N2O3S2. The number of allylic oxidation sites excluding steroid dienone is 2. The Morgan fingerprint density at radius 2 is 1.86 bits per heavy atom. The Kier molecular flexibility index (Phi) is 7.21. The number of aromatic hydroxyl groups is 1. The zero-order chi connectivity index (χ0) is 20.6. The Morgan fingerprint density at radius 3 is 2.59 bits per heavy atom. The van der Waals surface area contributed by atoms with Crippen LogP contribution < -0.4 is 5.32 Å². The fraction of sp³-hybridized carbons (Fsp3) is 0.136. The number of carbonyl (C=O) groups excluding carboxylic acids is 2. The van der Waals surface area contributed by atoms with Crippen molar-refractivity contribution in [2.45, 2.75) is 6.42 Å². The Balaban J connectivity index is 1.50. The van der Waals surface area contributed by atoms with Crippen LogP contribution in [0.15, 0.2) is 71.7 Å². The van der Waals surface area contributed by atoms with E-state index in [0.717, 1.165) is 11.1 Å². The lowest BCUT2D eigenvalue weighted by Crippen LogP contribution is -2.40. The molecule has 0 atom stereocenters. The maximum atomic E-state index is 12.5. The highest BCUT2D eigenvalue weighted by atomic mass is 32.2. The zero-order valence-corrected chi connectivity index (χ0v) is 17.2. The Labute approximate surface area is 179 Å². The van der Waals surface area contributed by atoms with Crippen molar-refractivity contribution in [1.29, 1.82) is 0 Å². The highest BCUT2D eigenvalue weighted by Crippen LogP contribution is 2.30. The van der Waals surface area contributed by atoms with E-state index in [-0.39, 0.29) is 24.1 Å². The smallest absolute Gasteiger partial charge is 0.266 e. The number of nitrogens with one attached hydrogen (secondary N) is 1. The maximum Gasteiger partial charge on any atom is 0.266 e. The van der Waals surface area contributed by atoms with Crippen molar-refractivity contribution < 1.29 is 14.7 Å². The van der Waals surface area contributed by atoms with Crippen LogP contribution in [-0.2, 0) is 16.0 Å². The molecule has 7 heteroatoms. The van der Waals surface area contributed by atoms with Crippen molar-refractivity contribution in [3.8, 4) is 5.75 Å². The predicted molar refractivity (Wildman–Crippen MR) is 120 cm³/mol. The Hall–Kier alpha value is -2.90. The van der Waals surface area contributed by atoms with E-state index in [4.69, 9.17) is 12.2 Å². The molecule has 0 unspecified atom stereocenters. The van der Waals surface area contributed by atoms with Gasteiger partial charge < -0.3 is 10.4 Å². The van der Waals surface area contributed by atoms with Crippen molar-refractivity contribution in [2.24, 2.45) is 0 Å². The van der Waals surface area contributed by atoms with Crippen molar-refractivity contribution in [3.63, 3.8) is 0 Å². The topological polar surface area (TPSA) is 69.6 Å². The second-order valence-corrected chi connectivity index (χ2v) is 8.00. The van der Waals surface area contributed by atoms with Gasteiger partial charge in [0.1, 0.15) is 16.6 Å². The van der Waals surface area contributed by atoms with E-state index in [0.29, 0.717) is 22.2 Å². The first-order chi connectivity index (χ1) is 14.0. The van der Waals surface area contributed by atoms with Crippen LogP contribution in [0.4, 0.5) is 0 Å². The van der Waals surface area contributed by atoms with Gasteiger partial charge in [0.25, 0.3) is 5.91 Å². The number of phenolic OH excluding ortho intramolecular Hbond substituents is 1. The van der Waals surface area contributed by atoms with Crippen molar-refractivity contribution >= 4 is 46.2 Å². The summed E-state index contributed by atoms with van der Waals surface area (Å²) in [4.78, 5) is 26.5.